The first-order valence-electron chi connectivity index (χ1n) is 4.65. The van der Waals surface area contributed by atoms with E-state index in [1.807, 2.05) is 18.2 Å². The number of thioether (sulfide) groups is 1. The maximum atomic E-state index is 5.45. The molecule has 0 fully saturated rings. The van der Waals surface area contributed by atoms with Crippen LogP contribution in [0.5, 0.6) is 0 Å². The molecule has 0 spiro atoms. The molecule has 4 nitrogen and oxygen atoms in total. The van der Waals surface area contributed by atoms with Gasteiger partial charge in [0.15, 0.2) is 0 Å². The Morgan fingerprint density at radius 3 is 2.67 bits per heavy atom. The summed E-state index contributed by atoms with van der Waals surface area (Å²) < 4.78 is 0. The van der Waals surface area contributed by atoms with Gasteiger partial charge in [-0.25, -0.2) is 5.10 Å². The highest BCUT2D eigenvalue weighted by molar-refractivity contribution is 7.99. The molecule has 15 heavy (non-hydrogen) atoms. The standard InChI is InChI=1S/C10H12N4S/c1-7(8-5-3-2-4-6-8)15-10-12-9(11)13-14-10/h2-7H,1H3,(H3,11,12,13,14). The van der Waals surface area contributed by atoms with Crippen LogP contribution in [0.3, 0.4) is 0 Å². The summed E-state index contributed by atoms with van der Waals surface area (Å²) in [5.41, 5.74) is 6.71. The molecule has 1 atom stereocenters. The Hall–Kier alpha value is -1.49. The van der Waals surface area contributed by atoms with Crippen molar-refractivity contribution in [2.75, 3.05) is 5.73 Å². The number of nitrogens with zero attached hydrogens (tertiary/aromatic N) is 2. The normalized spacial score (nSPS) is 12.6. The molecular weight excluding hydrogens is 208 g/mol. The highest BCUT2D eigenvalue weighted by Gasteiger charge is 2.09. The van der Waals surface area contributed by atoms with Gasteiger partial charge in [0, 0.05) is 5.25 Å². The van der Waals surface area contributed by atoms with E-state index in [0.717, 1.165) is 0 Å². The number of H-pyrrole nitrogens is 1. The molecule has 1 unspecified atom stereocenters. The SMILES string of the molecule is CC(Sc1n[nH]c(N)n1)c1ccccc1. The predicted molar refractivity (Wildman–Crippen MR) is 61.5 cm³/mol. The second-order valence-corrected chi connectivity index (χ2v) is 4.48. The van der Waals surface area contributed by atoms with Crippen molar-refractivity contribution in [1.29, 1.82) is 0 Å². The van der Waals surface area contributed by atoms with E-state index in [1.54, 1.807) is 11.8 Å². The van der Waals surface area contributed by atoms with E-state index in [9.17, 15) is 0 Å². The van der Waals surface area contributed by atoms with E-state index in [-0.39, 0.29) is 0 Å². The molecule has 5 heteroatoms. The molecule has 3 N–H and O–H groups in total. The van der Waals surface area contributed by atoms with Gasteiger partial charge in [-0.3, -0.25) is 0 Å². The van der Waals surface area contributed by atoms with Crippen LogP contribution >= 0.6 is 11.8 Å². The Balaban J connectivity index is 2.07. The van der Waals surface area contributed by atoms with E-state index in [1.165, 1.54) is 5.56 Å². The summed E-state index contributed by atoms with van der Waals surface area (Å²) in [7, 11) is 0. The fourth-order valence-corrected chi connectivity index (χ4v) is 2.12. The number of hydrogen-bond acceptors (Lipinski definition) is 4. The molecule has 0 bridgehead atoms. The van der Waals surface area contributed by atoms with Gasteiger partial charge in [0.05, 0.1) is 0 Å². The Kier molecular flexibility index (Phi) is 2.91. The van der Waals surface area contributed by atoms with Gasteiger partial charge in [0.25, 0.3) is 0 Å². The van der Waals surface area contributed by atoms with E-state index in [0.29, 0.717) is 16.4 Å². The number of rotatable bonds is 3. The molecular formula is C10H12N4S. The van der Waals surface area contributed by atoms with Crippen LogP contribution in [0.1, 0.15) is 17.7 Å². The largest absolute Gasteiger partial charge is 0.368 e. The Bertz CT molecular complexity index is 426. The number of nitrogens with one attached hydrogen (secondary N) is 1. The molecule has 78 valence electrons. The van der Waals surface area contributed by atoms with Gasteiger partial charge in [0.2, 0.25) is 11.1 Å². The lowest BCUT2D eigenvalue weighted by Gasteiger charge is -2.07. The molecule has 0 saturated heterocycles. The molecule has 1 aromatic heterocycles. The summed E-state index contributed by atoms with van der Waals surface area (Å²) in [6.45, 7) is 2.12. The zero-order chi connectivity index (χ0) is 10.7. The van der Waals surface area contributed by atoms with Gasteiger partial charge < -0.3 is 5.73 Å². The van der Waals surface area contributed by atoms with E-state index in [2.05, 4.69) is 34.2 Å². The van der Waals surface area contributed by atoms with Crippen molar-refractivity contribution in [1.82, 2.24) is 15.2 Å². The highest BCUT2D eigenvalue weighted by atomic mass is 32.2. The second-order valence-electron chi connectivity index (χ2n) is 3.17. The quantitative estimate of drug-likeness (QED) is 0.778. The van der Waals surface area contributed by atoms with E-state index < -0.39 is 0 Å². The summed E-state index contributed by atoms with van der Waals surface area (Å²) in [6.07, 6.45) is 0. The summed E-state index contributed by atoms with van der Waals surface area (Å²) >= 11 is 1.58. The Labute approximate surface area is 92.3 Å². The first-order valence-corrected chi connectivity index (χ1v) is 5.53. The van der Waals surface area contributed by atoms with Crippen molar-refractivity contribution < 1.29 is 0 Å². The third-order valence-electron chi connectivity index (χ3n) is 2.03. The fourth-order valence-electron chi connectivity index (χ4n) is 1.26. The molecule has 0 aliphatic heterocycles. The van der Waals surface area contributed by atoms with Crippen LogP contribution in [0.25, 0.3) is 0 Å². The predicted octanol–water partition coefficient (Wildman–Crippen LogP) is 2.24. The summed E-state index contributed by atoms with van der Waals surface area (Å²) in [5.74, 6) is 0.359. The summed E-state index contributed by atoms with van der Waals surface area (Å²) in [4.78, 5) is 4.05. The fraction of sp³-hybridized carbons (Fsp3) is 0.200. The molecule has 0 amide bonds. The number of hydrogen-bond donors (Lipinski definition) is 2. The van der Waals surface area contributed by atoms with Gasteiger partial charge in [0.1, 0.15) is 0 Å². The number of benzene rings is 1. The van der Waals surface area contributed by atoms with Crippen molar-refractivity contribution in [2.45, 2.75) is 17.3 Å². The van der Waals surface area contributed by atoms with Gasteiger partial charge in [-0.1, -0.05) is 42.1 Å². The third kappa shape index (κ3) is 2.50. The van der Waals surface area contributed by atoms with Gasteiger partial charge >= 0.3 is 0 Å². The maximum absolute atomic E-state index is 5.45. The zero-order valence-electron chi connectivity index (χ0n) is 8.34. The molecule has 0 aliphatic carbocycles. The Morgan fingerprint density at radius 1 is 1.33 bits per heavy atom. The van der Waals surface area contributed by atoms with E-state index in [4.69, 9.17) is 5.73 Å². The Morgan fingerprint density at radius 2 is 2.07 bits per heavy atom. The van der Waals surface area contributed by atoms with Crippen LogP contribution in [0.4, 0.5) is 5.95 Å². The molecule has 0 radical (unpaired) electrons. The lowest BCUT2D eigenvalue weighted by molar-refractivity contribution is 0.960. The van der Waals surface area contributed by atoms with Crippen molar-refractivity contribution in [3.05, 3.63) is 35.9 Å². The monoisotopic (exact) mass is 220 g/mol. The van der Waals surface area contributed by atoms with Crippen molar-refractivity contribution >= 4 is 17.7 Å². The second kappa shape index (κ2) is 4.35. The van der Waals surface area contributed by atoms with Crippen LogP contribution in [0, 0.1) is 0 Å². The maximum Gasteiger partial charge on any atom is 0.216 e. The van der Waals surface area contributed by atoms with Crippen LogP contribution in [-0.2, 0) is 0 Å². The van der Waals surface area contributed by atoms with Crippen molar-refractivity contribution in [3.63, 3.8) is 0 Å². The third-order valence-corrected chi connectivity index (χ3v) is 3.05. The minimum Gasteiger partial charge on any atom is -0.368 e. The zero-order valence-corrected chi connectivity index (χ0v) is 9.16. The highest BCUT2D eigenvalue weighted by Crippen LogP contribution is 2.32. The lowest BCUT2D eigenvalue weighted by Crippen LogP contribution is -1.89. The molecule has 0 saturated carbocycles. The topological polar surface area (TPSA) is 67.6 Å². The number of aromatic nitrogens is 3. The smallest absolute Gasteiger partial charge is 0.216 e. The number of nitrogen functional groups attached to an aromatic ring is 1. The van der Waals surface area contributed by atoms with Crippen LogP contribution < -0.4 is 5.73 Å². The number of aromatic amines is 1. The molecule has 1 aromatic carbocycles. The summed E-state index contributed by atoms with van der Waals surface area (Å²) in [6, 6.07) is 10.2. The van der Waals surface area contributed by atoms with Crippen molar-refractivity contribution in [2.24, 2.45) is 0 Å². The average Bonchev–Trinajstić information content (AvgIpc) is 2.65. The van der Waals surface area contributed by atoms with E-state index >= 15 is 0 Å². The van der Waals surface area contributed by atoms with Crippen molar-refractivity contribution in [3.8, 4) is 0 Å². The number of nitrogens with two attached hydrogens (primary N) is 1. The molecule has 1 heterocycles. The minimum atomic E-state index is 0.321. The molecule has 2 rings (SSSR count). The van der Waals surface area contributed by atoms with Crippen LogP contribution in [0.2, 0.25) is 0 Å². The molecule has 0 aliphatic rings. The first kappa shape index (κ1) is 10.0. The average molecular weight is 220 g/mol. The van der Waals surface area contributed by atoms with Gasteiger partial charge in [-0.05, 0) is 12.5 Å². The van der Waals surface area contributed by atoms with Crippen LogP contribution in [-0.4, -0.2) is 15.2 Å². The minimum absolute atomic E-state index is 0.321. The van der Waals surface area contributed by atoms with Crippen LogP contribution in [0.15, 0.2) is 35.5 Å². The van der Waals surface area contributed by atoms with Gasteiger partial charge in [-0.15, -0.1) is 5.10 Å². The number of anilines is 1. The summed E-state index contributed by atoms with van der Waals surface area (Å²) in [5, 5.41) is 7.61. The molecule has 2 aromatic rings. The first-order chi connectivity index (χ1) is 7.25. The lowest BCUT2D eigenvalue weighted by atomic mass is 10.2. The van der Waals surface area contributed by atoms with Gasteiger partial charge in [-0.2, -0.15) is 4.98 Å².